The van der Waals surface area contributed by atoms with Crippen LogP contribution in [0.25, 0.3) is 0 Å². The molecule has 0 saturated carbocycles. The van der Waals surface area contributed by atoms with Crippen LogP contribution >= 0.6 is 0 Å². The van der Waals surface area contributed by atoms with E-state index >= 15 is 0 Å². The van der Waals surface area contributed by atoms with Crippen LogP contribution in [0.5, 0.6) is 11.5 Å². The zero-order valence-corrected chi connectivity index (χ0v) is 12.7. The van der Waals surface area contributed by atoms with Crippen LogP contribution in [-0.4, -0.2) is 12.7 Å². The molecule has 0 fully saturated rings. The Morgan fingerprint density at radius 3 is 2.52 bits per heavy atom. The lowest BCUT2D eigenvalue weighted by molar-refractivity contribution is 0.0759. The molecule has 3 rings (SSSR count). The molecule has 3 nitrogen and oxygen atoms in total. The van der Waals surface area contributed by atoms with Gasteiger partial charge >= 0.3 is 0 Å². The van der Waals surface area contributed by atoms with Gasteiger partial charge in [0.25, 0.3) is 0 Å². The third-order valence-electron chi connectivity index (χ3n) is 3.81. The molecule has 3 heteroatoms. The third kappa shape index (κ3) is 2.97. The molecular weight excluding hydrogens is 262 g/mol. The first-order valence-corrected chi connectivity index (χ1v) is 7.26. The Labute approximate surface area is 125 Å². The number of benzene rings is 2. The molecule has 1 atom stereocenters. The van der Waals surface area contributed by atoms with Gasteiger partial charge in [0, 0.05) is 17.7 Å². The molecule has 1 aliphatic heterocycles. The zero-order valence-electron chi connectivity index (χ0n) is 12.7. The van der Waals surface area contributed by atoms with Crippen molar-refractivity contribution in [3.63, 3.8) is 0 Å². The monoisotopic (exact) mass is 283 g/mol. The van der Waals surface area contributed by atoms with Crippen molar-refractivity contribution in [1.29, 1.82) is 0 Å². The lowest BCUT2D eigenvalue weighted by Crippen LogP contribution is -2.37. The number of hydrogen-bond acceptors (Lipinski definition) is 3. The summed E-state index contributed by atoms with van der Waals surface area (Å²) >= 11 is 0. The minimum atomic E-state index is -0.168. The highest BCUT2D eigenvalue weighted by Crippen LogP contribution is 2.40. The van der Waals surface area contributed by atoms with Crippen molar-refractivity contribution < 1.29 is 9.47 Å². The van der Waals surface area contributed by atoms with E-state index < -0.39 is 0 Å². The van der Waals surface area contributed by atoms with Gasteiger partial charge in [-0.25, -0.2) is 0 Å². The average molecular weight is 283 g/mol. The maximum Gasteiger partial charge on any atom is 0.125 e. The summed E-state index contributed by atoms with van der Waals surface area (Å²) < 4.78 is 11.3. The second kappa shape index (κ2) is 5.32. The van der Waals surface area contributed by atoms with Crippen LogP contribution in [-0.2, 0) is 0 Å². The number of fused-ring (bicyclic) bond motifs is 1. The van der Waals surface area contributed by atoms with Gasteiger partial charge in [0.15, 0.2) is 0 Å². The summed E-state index contributed by atoms with van der Waals surface area (Å²) in [6, 6.07) is 16.5. The minimum absolute atomic E-state index is 0.168. The van der Waals surface area contributed by atoms with E-state index in [0.29, 0.717) is 0 Å². The highest BCUT2D eigenvalue weighted by atomic mass is 16.5. The molecule has 110 valence electrons. The van der Waals surface area contributed by atoms with E-state index in [1.165, 1.54) is 5.56 Å². The van der Waals surface area contributed by atoms with Gasteiger partial charge in [-0.05, 0) is 44.2 Å². The Morgan fingerprint density at radius 2 is 1.81 bits per heavy atom. The van der Waals surface area contributed by atoms with Crippen LogP contribution in [0.3, 0.4) is 0 Å². The Balaban J connectivity index is 1.87. The number of anilines is 1. The van der Waals surface area contributed by atoms with Crippen LogP contribution in [0.1, 0.15) is 31.9 Å². The van der Waals surface area contributed by atoms with Gasteiger partial charge in [0.05, 0.1) is 13.2 Å². The van der Waals surface area contributed by atoms with Crippen molar-refractivity contribution in [2.45, 2.75) is 31.9 Å². The first-order valence-electron chi connectivity index (χ1n) is 7.26. The summed E-state index contributed by atoms with van der Waals surface area (Å²) in [7, 11) is 1.68. The number of para-hydroxylation sites is 1. The molecule has 1 N–H and O–H groups in total. The first-order chi connectivity index (χ1) is 10.1. The Kier molecular flexibility index (Phi) is 3.50. The molecule has 0 bridgehead atoms. The molecule has 2 aromatic rings. The molecule has 1 aliphatic rings. The zero-order chi connectivity index (χ0) is 14.9. The fourth-order valence-electron chi connectivity index (χ4n) is 2.82. The van der Waals surface area contributed by atoms with Gasteiger partial charge in [-0.1, -0.05) is 18.2 Å². The smallest absolute Gasteiger partial charge is 0.125 e. The molecular formula is C18H21NO2. The number of nitrogens with one attached hydrogen (secondary N) is 1. The fraction of sp³-hybridized carbons (Fsp3) is 0.333. The lowest BCUT2D eigenvalue weighted by atomic mass is 9.89. The van der Waals surface area contributed by atoms with E-state index in [1.807, 2.05) is 36.4 Å². The SMILES string of the molecule is COc1ccc(NC2CC(C)(C)Oc3ccccc32)cc1. The molecule has 2 aromatic carbocycles. The first kappa shape index (κ1) is 13.8. The number of ether oxygens (including phenoxy) is 2. The van der Waals surface area contributed by atoms with Crippen molar-refractivity contribution in [3.8, 4) is 11.5 Å². The fourth-order valence-corrected chi connectivity index (χ4v) is 2.82. The second-order valence-corrected chi connectivity index (χ2v) is 6.03. The summed E-state index contributed by atoms with van der Waals surface area (Å²) in [6.07, 6.45) is 0.927. The van der Waals surface area contributed by atoms with E-state index in [4.69, 9.17) is 9.47 Å². The van der Waals surface area contributed by atoms with Gasteiger partial charge in [-0.2, -0.15) is 0 Å². The minimum Gasteiger partial charge on any atom is -0.497 e. The molecule has 1 unspecified atom stereocenters. The third-order valence-corrected chi connectivity index (χ3v) is 3.81. The summed E-state index contributed by atoms with van der Waals surface area (Å²) in [6.45, 7) is 4.26. The lowest BCUT2D eigenvalue weighted by Gasteiger charge is -2.38. The summed E-state index contributed by atoms with van der Waals surface area (Å²) in [5.74, 6) is 1.84. The van der Waals surface area contributed by atoms with Gasteiger partial charge in [0.1, 0.15) is 17.1 Å². The van der Waals surface area contributed by atoms with E-state index in [2.05, 4.69) is 31.3 Å². The van der Waals surface area contributed by atoms with Crippen molar-refractivity contribution in [3.05, 3.63) is 54.1 Å². The van der Waals surface area contributed by atoms with Crippen LogP contribution in [0.15, 0.2) is 48.5 Å². The van der Waals surface area contributed by atoms with Crippen molar-refractivity contribution >= 4 is 5.69 Å². The van der Waals surface area contributed by atoms with Gasteiger partial charge in [0.2, 0.25) is 0 Å². The summed E-state index contributed by atoms with van der Waals surface area (Å²) in [5.41, 5.74) is 2.14. The van der Waals surface area contributed by atoms with E-state index in [1.54, 1.807) is 7.11 Å². The Bertz CT molecular complexity index is 619. The van der Waals surface area contributed by atoms with E-state index in [0.717, 1.165) is 23.6 Å². The normalized spacial score (nSPS) is 19.3. The predicted octanol–water partition coefficient (Wildman–Crippen LogP) is 4.41. The average Bonchev–Trinajstić information content (AvgIpc) is 2.47. The van der Waals surface area contributed by atoms with E-state index in [9.17, 15) is 0 Å². The van der Waals surface area contributed by atoms with Crippen molar-refractivity contribution in [2.75, 3.05) is 12.4 Å². The number of hydrogen-bond donors (Lipinski definition) is 1. The summed E-state index contributed by atoms with van der Waals surface area (Å²) in [4.78, 5) is 0. The highest BCUT2D eigenvalue weighted by Gasteiger charge is 2.33. The standard InChI is InChI=1S/C18H21NO2/c1-18(2)12-16(15-6-4-5-7-17(15)21-18)19-13-8-10-14(20-3)11-9-13/h4-11,16,19H,12H2,1-3H3. The molecule has 0 radical (unpaired) electrons. The largest absolute Gasteiger partial charge is 0.497 e. The Hall–Kier alpha value is -2.16. The number of methoxy groups -OCH3 is 1. The molecule has 0 saturated heterocycles. The van der Waals surface area contributed by atoms with Crippen LogP contribution < -0.4 is 14.8 Å². The quantitative estimate of drug-likeness (QED) is 0.905. The number of rotatable bonds is 3. The maximum absolute atomic E-state index is 6.06. The van der Waals surface area contributed by atoms with Crippen molar-refractivity contribution in [1.82, 2.24) is 0 Å². The Morgan fingerprint density at radius 1 is 1.10 bits per heavy atom. The molecule has 21 heavy (non-hydrogen) atoms. The predicted molar refractivity (Wildman–Crippen MR) is 85.1 cm³/mol. The molecule has 0 spiro atoms. The van der Waals surface area contributed by atoms with E-state index in [-0.39, 0.29) is 11.6 Å². The van der Waals surface area contributed by atoms with Gasteiger partial charge < -0.3 is 14.8 Å². The molecule has 0 aliphatic carbocycles. The molecule has 0 aromatic heterocycles. The summed E-state index contributed by atoms with van der Waals surface area (Å²) in [5, 5.41) is 3.61. The van der Waals surface area contributed by atoms with Crippen LogP contribution in [0.2, 0.25) is 0 Å². The molecule has 0 amide bonds. The second-order valence-electron chi connectivity index (χ2n) is 6.03. The topological polar surface area (TPSA) is 30.5 Å². The van der Waals surface area contributed by atoms with Crippen molar-refractivity contribution in [2.24, 2.45) is 0 Å². The molecule has 1 heterocycles. The maximum atomic E-state index is 6.06. The van der Waals surface area contributed by atoms with Crippen LogP contribution in [0.4, 0.5) is 5.69 Å². The van der Waals surface area contributed by atoms with Crippen LogP contribution in [0, 0.1) is 0 Å². The van der Waals surface area contributed by atoms with Gasteiger partial charge in [-0.15, -0.1) is 0 Å². The van der Waals surface area contributed by atoms with Gasteiger partial charge in [-0.3, -0.25) is 0 Å². The highest BCUT2D eigenvalue weighted by molar-refractivity contribution is 5.51.